The maximum absolute atomic E-state index is 13.5. The Labute approximate surface area is 208 Å². The first-order chi connectivity index (χ1) is 16.3. The Hall–Kier alpha value is -2.57. The number of carbonyl (C=O) groups is 1. The van der Waals surface area contributed by atoms with Gasteiger partial charge in [-0.1, -0.05) is 73.5 Å². The number of nitrogens with two attached hydrogens (primary N) is 1. The number of fused-ring (bicyclic) bond motifs is 1. The Morgan fingerprint density at radius 2 is 1.82 bits per heavy atom. The molecule has 6 heteroatoms. The zero-order chi connectivity index (χ0) is 24.4. The van der Waals surface area contributed by atoms with Crippen molar-refractivity contribution in [1.82, 2.24) is 0 Å². The van der Waals surface area contributed by atoms with Crippen molar-refractivity contribution in [3.8, 4) is 11.1 Å². The van der Waals surface area contributed by atoms with Gasteiger partial charge in [0.2, 0.25) is 5.43 Å². The van der Waals surface area contributed by atoms with Gasteiger partial charge in [-0.2, -0.15) is 0 Å². The molecular formula is C28H31BrN2O3. The normalized spacial score (nSPS) is 24.5. The number of aliphatic imine (C=N–C) groups is 1. The van der Waals surface area contributed by atoms with Crippen molar-refractivity contribution in [3.63, 3.8) is 0 Å². The van der Waals surface area contributed by atoms with Crippen LogP contribution in [-0.4, -0.2) is 17.5 Å². The lowest BCUT2D eigenvalue weighted by Crippen LogP contribution is -2.41. The summed E-state index contributed by atoms with van der Waals surface area (Å²) in [4.78, 5) is 31.8. The first kappa shape index (κ1) is 24.6. The average molecular weight is 523 g/mol. The molecule has 0 amide bonds. The monoisotopic (exact) mass is 522 g/mol. The lowest BCUT2D eigenvalue weighted by atomic mass is 9.84. The fourth-order valence-corrected chi connectivity index (χ4v) is 5.43. The molecule has 0 aliphatic heterocycles. The molecule has 1 aliphatic rings. The molecule has 34 heavy (non-hydrogen) atoms. The first-order valence-corrected chi connectivity index (χ1v) is 12.8. The Kier molecular flexibility index (Phi) is 7.48. The second kappa shape index (κ2) is 10.4. The minimum absolute atomic E-state index is 0.0412. The number of ketones is 1. The van der Waals surface area contributed by atoms with Crippen LogP contribution in [0.15, 0.2) is 67.2 Å². The highest BCUT2D eigenvalue weighted by Crippen LogP contribution is 2.32. The highest BCUT2D eigenvalue weighted by Gasteiger charge is 2.37. The maximum atomic E-state index is 13.5. The molecule has 0 saturated heterocycles. The molecule has 4 atom stereocenters. The molecule has 3 aromatic rings. The molecule has 4 rings (SSSR count). The number of nitrogens with zero attached hydrogens (tertiary/aromatic N) is 1. The topological polar surface area (TPSA) is 85.7 Å². The number of benzene rings is 2. The number of carbonyl (C=O) groups excluding carboxylic acids is 1. The van der Waals surface area contributed by atoms with E-state index in [9.17, 15) is 9.59 Å². The van der Waals surface area contributed by atoms with Crippen molar-refractivity contribution < 1.29 is 9.21 Å². The zero-order valence-electron chi connectivity index (χ0n) is 19.9. The van der Waals surface area contributed by atoms with Crippen LogP contribution in [0.4, 0.5) is 0 Å². The third kappa shape index (κ3) is 4.80. The van der Waals surface area contributed by atoms with E-state index in [1.807, 2.05) is 36.4 Å². The minimum Gasteiger partial charge on any atom is -0.458 e. The van der Waals surface area contributed by atoms with Crippen molar-refractivity contribution >= 4 is 38.4 Å². The lowest BCUT2D eigenvalue weighted by Gasteiger charge is -2.20. The minimum atomic E-state index is -0.430. The van der Waals surface area contributed by atoms with Gasteiger partial charge in [0.05, 0.1) is 29.2 Å². The molecule has 2 N–H and O–H groups in total. The van der Waals surface area contributed by atoms with Crippen LogP contribution in [0.5, 0.6) is 0 Å². The highest BCUT2D eigenvalue weighted by atomic mass is 79.9. The predicted molar refractivity (Wildman–Crippen MR) is 141 cm³/mol. The molecule has 1 aromatic heterocycles. The van der Waals surface area contributed by atoms with E-state index in [0.29, 0.717) is 28.0 Å². The molecule has 4 unspecified atom stereocenters. The van der Waals surface area contributed by atoms with E-state index in [2.05, 4.69) is 36.7 Å². The SMILES string of the molecule is CCCC1C(=O)C(=NCc2oc3ccc(Br)cc3c(=O)c2-c2ccccc2)C(N)C(C)CC1C. The van der Waals surface area contributed by atoms with Gasteiger partial charge in [0, 0.05) is 10.4 Å². The molecule has 2 aromatic carbocycles. The number of hydrogen-bond acceptors (Lipinski definition) is 5. The number of Topliss-reactive ketones (excluding diaryl/α,β-unsaturated/α-hetero) is 1. The van der Waals surface area contributed by atoms with Gasteiger partial charge >= 0.3 is 0 Å². The summed E-state index contributed by atoms with van der Waals surface area (Å²) in [5, 5.41) is 0.498. The molecule has 178 valence electrons. The molecule has 1 aliphatic carbocycles. The van der Waals surface area contributed by atoms with Gasteiger partial charge in [-0.25, -0.2) is 0 Å². The van der Waals surface area contributed by atoms with Crippen LogP contribution in [0.2, 0.25) is 0 Å². The van der Waals surface area contributed by atoms with Gasteiger partial charge in [0.1, 0.15) is 11.3 Å². The second-order valence-corrected chi connectivity index (χ2v) is 10.3. The molecule has 0 radical (unpaired) electrons. The summed E-state index contributed by atoms with van der Waals surface area (Å²) in [6.07, 6.45) is 2.66. The second-order valence-electron chi connectivity index (χ2n) is 9.41. The van der Waals surface area contributed by atoms with Gasteiger partial charge in [-0.3, -0.25) is 14.6 Å². The quantitative estimate of drug-likeness (QED) is 0.407. The van der Waals surface area contributed by atoms with E-state index in [4.69, 9.17) is 15.1 Å². The number of hydrogen-bond donors (Lipinski definition) is 1. The van der Waals surface area contributed by atoms with Crippen LogP contribution in [-0.2, 0) is 11.3 Å². The van der Waals surface area contributed by atoms with Crippen LogP contribution < -0.4 is 11.2 Å². The van der Waals surface area contributed by atoms with Crippen LogP contribution in [0.1, 0.15) is 45.8 Å². The third-order valence-electron chi connectivity index (χ3n) is 6.93. The van der Waals surface area contributed by atoms with Crippen LogP contribution in [0.25, 0.3) is 22.1 Å². The van der Waals surface area contributed by atoms with Crippen molar-refractivity contribution in [2.45, 2.75) is 52.6 Å². The molecule has 1 saturated carbocycles. The van der Waals surface area contributed by atoms with E-state index < -0.39 is 6.04 Å². The number of rotatable bonds is 5. The van der Waals surface area contributed by atoms with E-state index in [0.717, 1.165) is 29.3 Å². The molecule has 1 fully saturated rings. The fourth-order valence-electron chi connectivity index (χ4n) is 5.07. The Morgan fingerprint density at radius 1 is 1.09 bits per heavy atom. The maximum Gasteiger partial charge on any atom is 0.200 e. The van der Waals surface area contributed by atoms with Crippen molar-refractivity contribution in [1.29, 1.82) is 0 Å². The summed E-state index contributed by atoms with van der Waals surface area (Å²) in [6, 6.07) is 14.4. The average Bonchev–Trinajstić information content (AvgIpc) is 2.89. The van der Waals surface area contributed by atoms with E-state index in [1.54, 1.807) is 12.1 Å². The standard InChI is InChI=1S/C28H31BrN2O3/c1-4-8-20-16(2)13-17(3)25(30)26(28(20)33)31-15-23-24(18-9-6-5-7-10-18)27(32)21-14-19(29)11-12-22(21)34-23/h5-7,9-12,14,16-17,20,25H,4,8,13,15,30H2,1-3H3. The van der Waals surface area contributed by atoms with Gasteiger partial charge in [-0.15, -0.1) is 0 Å². The van der Waals surface area contributed by atoms with Crippen LogP contribution >= 0.6 is 15.9 Å². The summed E-state index contributed by atoms with van der Waals surface area (Å²) >= 11 is 3.44. The smallest absolute Gasteiger partial charge is 0.200 e. The molecule has 0 spiro atoms. The van der Waals surface area contributed by atoms with E-state index in [1.165, 1.54) is 0 Å². The van der Waals surface area contributed by atoms with Gasteiger partial charge in [0.25, 0.3) is 0 Å². The van der Waals surface area contributed by atoms with Crippen molar-refractivity contribution in [2.24, 2.45) is 28.5 Å². The van der Waals surface area contributed by atoms with E-state index in [-0.39, 0.29) is 35.5 Å². The predicted octanol–water partition coefficient (Wildman–Crippen LogP) is 6.15. The molecule has 1 heterocycles. The van der Waals surface area contributed by atoms with E-state index >= 15 is 0 Å². The van der Waals surface area contributed by atoms with Crippen molar-refractivity contribution in [3.05, 3.63) is 69.0 Å². The van der Waals surface area contributed by atoms with Gasteiger partial charge in [-0.05, 0) is 48.4 Å². The van der Waals surface area contributed by atoms with Crippen molar-refractivity contribution in [2.75, 3.05) is 0 Å². The molecule has 0 bridgehead atoms. The van der Waals surface area contributed by atoms with Crippen LogP contribution in [0.3, 0.4) is 0 Å². The lowest BCUT2D eigenvalue weighted by molar-refractivity contribution is -0.118. The zero-order valence-corrected chi connectivity index (χ0v) is 21.5. The van der Waals surface area contributed by atoms with Crippen LogP contribution in [0, 0.1) is 17.8 Å². The summed E-state index contributed by atoms with van der Waals surface area (Å²) in [7, 11) is 0. The molecule has 5 nitrogen and oxygen atoms in total. The number of halogens is 1. The Balaban J connectivity index is 1.84. The van der Waals surface area contributed by atoms with Gasteiger partial charge in [0.15, 0.2) is 5.78 Å². The largest absolute Gasteiger partial charge is 0.458 e. The fraction of sp³-hybridized carbons (Fsp3) is 0.393. The van der Waals surface area contributed by atoms with Gasteiger partial charge < -0.3 is 10.2 Å². The first-order valence-electron chi connectivity index (χ1n) is 12.0. The summed E-state index contributed by atoms with van der Waals surface area (Å²) < 4.78 is 7.02. The summed E-state index contributed by atoms with van der Waals surface area (Å²) in [6.45, 7) is 6.40. The Morgan fingerprint density at radius 3 is 2.53 bits per heavy atom. The Bertz CT molecular complexity index is 1280. The summed E-state index contributed by atoms with van der Waals surface area (Å²) in [5.41, 5.74) is 8.56. The highest BCUT2D eigenvalue weighted by molar-refractivity contribution is 9.10. The molecular weight excluding hydrogens is 492 g/mol. The summed E-state index contributed by atoms with van der Waals surface area (Å²) in [5.74, 6) is 0.816. The third-order valence-corrected chi connectivity index (χ3v) is 7.42.